The van der Waals surface area contributed by atoms with Gasteiger partial charge in [-0.3, -0.25) is 9.36 Å². The SMILES string of the molecule is CCOC(=O)C1=C(C)N=c2s/c(=C/c3ccc(-c4cccc(C(F)(F)F)c4)o3)c(=O)n2[C@@H]1c1ccc(N(C)C)cc1. The number of ether oxygens (including phenoxy) is 1. The van der Waals surface area contributed by atoms with Gasteiger partial charge in [-0.25, -0.2) is 9.79 Å². The Morgan fingerprint density at radius 1 is 1.15 bits per heavy atom. The monoisotopic (exact) mass is 581 g/mol. The number of allylic oxidation sites excluding steroid dienone is 1. The molecule has 0 amide bonds. The third-order valence-electron chi connectivity index (χ3n) is 6.62. The molecule has 0 aliphatic carbocycles. The maximum Gasteiger partial charge on any atom is 0.416 e. The summed E-state index contributed by atoms with van der Waals surface area (Å²) in [7, 11) is 3.83. The minimum Gasteiger partial charge on any atom is -0.463 e. The van der Waals surface area contributed by atoms with Crippen molar-refractivity contribution in [3.63, 3.8) is 0 Å². The lowest BCUT2D eigenvalue weighted by Gasteiger charge is -2.25. The number of thiazole rings is 1. The molecule has 5 rings (SSSR count). The van der Waals surface area contributed by atoms with Gasteiger partial charge in [-0.1, -0.05) is 35.6 Å². The molecular weight excluding hydrogens is 555 g/mol. The molecule has 0 N–H and O–H groups in total. The average molecular weight is 582 g/mol. The molecule has 2 aromatic carbocycles. The number of nitrogens with zero attached hydrogens (tertiary/aromatic N) is 3. The average Bonchev–Trinajstić information content (AvgIpc) is 3.52. The van der Waals surface area contributed by atoms with E-state index in [1.54, 1.807) is 26.0 Å². The lowest BCUT2D eigenvalue weighted by Crippen LogP contribution is -2.39. The second-order valence-corrected chi connectivity index (χ2v) is 10.6. The quantitative estimate of drug-likeness (QED) is 0.295. The molecule has 7 nitrogen and oxygen atoms in total. The zero-order valence-corrected chi connectivity index (χ0v) is 23.5. The molecule has 0 unspecified atom stereocenters. The van der Waals surface area contributed by atoms with Crippen molar-refractivity contribution in [3.8, 4) is 11.3 Å². The van der Waals surface area contributed by atoms with Crippen LogP contribution in [0.3, 0.4) is 0 Å². The van der Waals surface area contributed by atoms with E-state index in [0.717, 1.165) is 29.2 Å². The Balaban J connectivity index is 1.60. The van der Waals surface area contributed by atoms with Crippen LogP contribution < -0.4 is 19.8 Å². The molecule has 0 bridgehead atoms. The molecular formula is C30H26F3N3O4S. The Kier molecular flexibility index (Phi) is 7.48. The fourth-order valence-corrected chi connectivity index (χ4v) is 5.65. The van der Waals surface area contributed by atoms with Gasteiger partial charge in [0.2, 0.25) is 0 Å². The van der Waals surface area contributed by atoms with Crippen molar-refractivity contribution in [2.45, 2.75) is 26.1 Å². The van der Waals surface area contributed by atoms with Crippen LogP contribution in [0.2, 0.25) is 0 Å². The molecule has 212 valence electrons. The van der Waals surface area contributed by atoms with Crippen LogP contribution in [0.25, 0.3) is 17.4 Å². The minimum absolute atomic E-state index is 0.166. The second kappa shape index (κ2) is 10.9. The Morgan fingerprint density at radius 3 is 2.54 bits per heavy atom. The summed E-state index contributed by atoms with van der Waals surface area (Å²) in [5.74, 6) is -0.0354. The topological polar surface area (TPSA) is 77.0 Å². The van der Waals surface area contributed by atoms with Gasteiger partial charge in [-0.15, -0.1) is 0 Å². The van der Waals surface area contributed by atoms with Gasteiger partial charge in [-0.05, 0) is 55.8 Å². The predicted molar refractivity (Wildman–Crippen MR) is 150 cm³/mol. The lowest BCUT2D eigenvalue weighted by molar-refractivity contribution is -0.139. The van der Waals surface area contributed by atoms with Crippen LogP contribution in [-0.2, 0) is 15.7 Å². The summed E-state index contributed by atoms with van der Waals surface area (Å²) in [6.07, 6.45) is -2.96. The first-order chi connectivity index (χ1) is 19.5. The number of hydrogen-bond acceptors (Lipinski definition) is 7. The van der Waals surface area contributed by atoms with E-state index in [0.29, 0.717) is 20.6 Å². The van der Waals surface area contributed by atoms with Gasteiger partial charge < -0.3 is 14.1 Å². The number of fused-ring (bicyclic) bond motifs is 1. The molecule has 11 heteroatoms. The fourth-order valence-electron chi connectivity index (χ4n) is 4.63. The van der Waals surface area contributed by atoms with E-state index in [9.17, 15) is 22.8 Å². The summed E-state index contributed by atoms with van der Waals surface area (Å²) in [6.45, 7) is 3.58. The molecule has 41 heavy (non-hydrogen) atoms. The first kappa shape index (κ1) is 28.2. The number of carbonyl (C=O) groups excluding carboxylic acids is 1. The number of rotatable bonds is 6. The Morgan fingerprint density at radius 2 is 1.88 bits per heavy atom. The molecule has 1 aliphatic rings. The van der Waals surface area contributed by atoms with E-state index in [4.69, 9.17) is 9.15 Å². The summed E-state index contributed by atoms with van der Waals surface area (Å²) in [4.78, 5) is 33.7. The number of furan rings is 1. The highest BCUT2D eigenvalue weighted by Gasteiger charge is 2.33. The summed E-state index contributed by atoms with van der Waals surface area (Å²) in [5, 5.41) is 0. The fraction of sp³-hybridized carbons (Fsp3) is 0.233. The van der Waals surface area contributed by atoms with E-state index < -0.39 is 23.8 Å². The van der Waals surface area contributed by atoms with Crippen molar-refractivity contribution in [2.24, 2.45) is 4.99 Å². The van der Waals surface area contributed by atoms with Gasteiger partial charge in [0.1, 0.15) is 11.5 Å². The van der Waals surface area contributed by atoms with Crippen molar-refractivity contribution < 1.29 is 27.1 Å². The van der Waals surface area contributed by atoms with Crippen LogP contribution in [0.4, 0.5) is 18.9 Å². The molecule has 3 heterocycles. The van der Waals surface area contributed by atoms with E-state index in [1.807, 2.05) is 43.3 Å². The standard InChI is InChI=1S/C30H26F3N3O4S/c1-5-39-28(38)25-17(2)34-29-36(26(25)18-9-11-21(12-10-18)35(3)4)27(37)24(41-29)16-22-13-14-23(40-22)19-7-6-8-20(15-19)30(31,32)33/h6-16,26H,5H2,1-4H3/b24-16+/t26-/m1/s1. The Labute approximate surface area is 237 Å². The number of halogens is 3. The number of benzene rings is 2. The molecule has 0 spiro atoms. The molecule has 0 saturated carbocycles. The minimum atomic E-state index is -4.48. The molecule has 0 radical (unpaired) electrons. The van der Waals surface area contributed by atoms with Gasteiger partial charge in [0.25, 0.3) is 5.56 Å². The largest absolute Gasteiger partial charge is 0.463 e. The van der Waals surface area contributed by atoms with Crippen molar-refractivity contribution in [3.05, 3.63) is 109 Å². The van der Waals surface area contributed by atoms with Gasteiger partial charge >= 0.3 is 12.1 Å². The first-order valence-corrected chi connectivity index (χ1v) is 13.5. The number of hydrogen-bond donors (Lipinski definition) is 0. The van der Waals surface area contributed by atoms with Crippen molar-refractivity contribution in [2.75, 3.05) is 25.6 Å². The molecule has 0 fully saturated rings. The Bertz CT molecular complexity index is 1830. The maximum absolute atomic E-state index is 13.8. The van der Waals surface area contributed by atoms with Crippen molar-refractivity contribution in [1.29, 1.82) is 0 Å². The van der Waals surface area contributed by atoms with Crippen LogP contribution in [0.1, 0.15) is 36.8 Å². The summed E-state index contributed by atoms with van der Waals surface area (Å²) < 4.78 is 52.4. The molecule has 1 aliphatic heterocycles. The van der Waals surface area contributed by atoms with Crippen molar-refractivity contribution in [1.82, 2.24) is 4.57 Å². The highest BCUT2D eigenvalue weighted by molar-refractivity contribution is 7.07. The van der Waals surface area contributed by atoms with Gasteiger partial charge in [0, 0.05) is 31.4 Å². The third kappa shape index (κ3) is 5.49. The van der Waals surface area contributed by atoms with E-state index >= 15 is 0 Å². The zero-order valence-electron chi connectivity index (χ0n) is 22.7. The van der Waals surface area contributed by atoms with Crippen LogP contribution in [0, 0.1) is 0 Å². The maximum atomic E-state index is 13.8. The van der Waals surface area contributed by atoms with Crippen LogP contribution in [0.5, 0.6) is 0 Å². The normalized spacial score (nSPS) is 15.5. The van der Waals surface area contributed by atoms with E-state index in [1.165, 1.54) is 22.8 Å². The van der Waals surface area contributed by atoms with Crippen LogP contribution >= 0.6 is 11.3 Å². The zero-order chi connectivity index (χ0) is 29.5. The number of esters is 1. The Hall–Kier alpha value is -4.38. The van der Waals surface area contributed by atoms with Gasteiger partial charge in [-0.2, -0.15) is 13.2 Å². The lowest BCUT2D eigenvalue weighted by atomic mass is 9.95. The summed E-state index contributed by atoms with van der Waals surface area (Å²) in [6, 6.07) is 14.7. The smallest absolute Gasteiger partial charge is 0.416 e. The number of aromatic nitrogens is 1. The summed E-state index contributed by atoms with van der Waals surface area (Å²) >= 11 is 1.13. The van der Waals surface area contributed by atoms with Gasteiger partial charge in [0.05, 0.1) is 34.0 Å². The summed E-state index contributed by atoms with van der Waals surface area (Å²) in [5.41, 5.74) is 1.47. The number of alkyl halides is 3. The van der Waals surface area contributed by atoms with Crippen LogP contribution in [-0.4, -0.2) is 31.2 Å². The molecule has 0 saturated heterocycles. The van der Waals surface area contributed by atoms with Gasteiger partial charge in [0.15, 0.2) is 4.80 Å². The third-order valence-corrected chi connectivity index (χ3v) is 7.60. The van der Waals surface area contributed by atoms with Crippen LogP contribution in [0.15, 0.2) is 86.1 Å². The first-order valence-electron chi connectivity index (χ1n) is 12.7. The molecule has 4 aromatic rings. The number of anilines is 1. The highest BCUT2D eigenvalue weighted by atomic mass is 32.1. The highest BCUT2D eigenvalue weighted by Crippen LogP contribution is 2.33. The second-order valence-electron chi connectivity index (χ2n) is 9.57. The number of carbonyl (C=O) groups is 1. The predicted octanol–water partition coefficient (Wildman–Crippen LogP) is 5.14. The van der Waals surface area contributed by atoms with E-state index in [-0.39, 0.29) is 34.8 Å². The molecule has 1 atom stereocenters. The van der Waals surface area contributed by atoms with E-state index in [2.05, 4.69) is 4.99 Å². The van der Waals surface area contributed by atoms with Crippen molar-refractivity contribution >= 4 is 29.1 Å². The molecule has 2 aromatic heterocycles.